The van der Waals surface area contributed by atoms with E-state index in [0.29, 0.717) is 0 Å². The molecule has 0 unspecified atom stereocenters. The minimum Gasteiger partial charge on any atom is -0.377 e. The van der Waals surface area contributed by atoms with Crippen molar-refractivity contribution in [1.29, 1.82) is 0 Å². The van der Waals surface area contributed by atoms with Crippen molar-refractivity contribution in [3.05, 3.63) is 12.2 Å². The zero-order valence-electron chi connectivity index (χ0n) is 8.63. The van der Waals surface area contributed by atoms with Crippen molar-refractivity contribution in [3.8, 4) is 0 Å². The predicted octanol–water partition coefficient (Wildman–Crippen LogP) is 2.96. The molecule has 77 valence electrons. The average molecular weight is 185 g/mol. The van der Waals surface area contributed by atoms with Gasteiger partial charge in [-0.3, -0.25) is 0 Å². The molecule has 0 atom stereocenters. The van der Waals surface area contributed by atoms with Gasteiger partial charge < -0.3 is 4.74 Å². The minimum absolute atomic E-state index is 0.0695. The van der Waals surface area contributed by atoms with E-state index in [1.54, 1.807) is 0 Å². The Labute approximate surface area is 81.6 Å². The van der Waals surface area contributed by atoms with Gasteiger partial charge in [-0.1, -0.05) is 31.9 Å². The van der Waals surface area contributed by atoms with Crippen LogP contribution in [0.5, 0.6) is 0 Å². The van der Waals surface area contributed by atoms with E-state index in [0.717, 1.165) is 45.3 Å². The lowest BCUT2D eigenvalue weighted by atomic mass is 10.2. The minimum atomic E-state index is 0.0695. The molecule has 0 aromatic rings. The average Bonchev–Trinajstić information content (AvgIpc) is 2.16. The van der Waals surface area contributed by atoms with E-state index in [-0.39, 0.29) is 6.61 Å². The highest BCUT2D eigenvalue weighted by molar-refractivity contribution is 4.79. The summed E-state index contributed by atoms with van der Waals surface area (Å²) in [5, 5.41) is 10.1. The third-order valence-electron chi connectivity index (χ3n) is 1.80. The first-order chi connectivity index (χ1) is 6.41. The molecule has 0 aliphatic carbocycles. The summed E-state index contributed by atoms with van der Waals surface area (Å²) in [5.41, 5.74) is 0. The van der Waals surface area contributed by atoms with Crippen LogP contribution in [-0.4, -0.2) is 19.8 Å². The van der Waals surface area contributed by atoms with Gasteiger partial charge in [0.15, 0.2) is 0 Å². The lowest BCUT2D eigenvalue weighted by Crippen LogP contribution is -1.94. The Kier molecular flexibility index (Phi) is 11.4. The van der Waals surface area contributed by atoms with Gasteiger partial charge in [-0.05, 0) is 19.3 Å². The molecule has 0 aliphatic heterocycles. The quantitative estimate of drug-likeness (QED) is 0.401. The topological polar surface area (TPSA) is 29.1 Å². The van der Waals surface area contributed by atoms with Crippen LogP contribution in [-0.2, 0) is 9.84 Å². The van der Waals surface area contributed by atoms with Gasteiger partial charge in [0.25, 0.3) is 0 Å². The van der Waals surface area contributed by atoms with Gasteiger partial charge in [-0.25, -0.2) is 5.11 Å². The molecule has 13 heavy (non-hydrogen) atoms. The second-order valence-corrected chi connectivity index (χ2v) is 3.07. The molecule has 0 bridgehead atoms. The maximum atomic E-state index is 10.1. The Bertz CT molecular complexity index is 111. The zero-order valence-corrected chi connectivity index (χ0v) is 8.63. The van der Waals surface area contributed by atoms with Crippen molar-refractivity contribution in [2.24, 2.45) is 0 Å². The first-order valence-corrected chi connectivity index (χ1v) is 5.22. The van der Waals surface area contributed by atoms with Crippen LogP contribution < -0.4 is 0 Å². The van der Waals surface area contributed by atoms with E-state index < -0.39 is 0 Å². The molecule has 0 fully saturated rings. The van der Waals surface area contributed by atoms with Crippen molar-refractivity contribution in [3.63, 3.8) is 0 Å². The van der Waals surface area contributed by atoms with Crippen LogP contribution in [0.25, 0.3) is 0 Å². The summed E-state index contributed by atoms with van der Waals surface area (Å²) in [5.74, 6) is 0. The molecule has 0 rings (SSSR count). The van der Waals surface area contributed by atoms with E-state index in [2.05, 4.69) is 19.1 Å². The largest absolute Gasteiger partial charge is 0.377 e. The van der Waals surface area contributed by atoms with E-state index in [1.807, 2.05) is 0 Å². The monoisotopic (exact) mass is 185 g/mol. The Morgan fingerprint density at radius 3 is 2.54 bits per heavy atom. The summed E-state index contributed by atoms with van der Waals surface area (Å²) in [6.07, 6.45) is 9.31. The van der Waals surface area contributed by atoms with E-state index in [4.69, 9.17) is 4.74 Å². The van der Waals surface area contributed by atoms with Gasteiger partial charge in [0.2, 0.25) is 0 Å². The molecule has 0 saturated heterocycles. The molecule has 0 amide bonds. The van der Waals surface area contributed by atoms with Crippen LogP contribution in [0, 0.1) is 0 Å². The zero-order chi connectivity index (χ0) is 9.78. The summed E-state index contributed by atoms with van der Waals surface area (Å²) >= 11 is 0. The first kappa shape index (κ1) is 12.7. The molecule has 0 N–H and O–H groups in total. The first-order valence-electron chi connectivity index (χ1n) is 5.22. The van der Waals surface area contributed by atoms with Gasteiger partial charge in [-0.2, -0.15) is 0 Å². The Morgan fingerprint density at radius 1 is 1.08 bits per heavy atom. The van der Waals surface area contributed by atoms with Crippen molar-refractivity contribution < 1.29 is 9.84 Å². The van der Waals surface area contributed by atoms with Crippen LogP contribution >= 0.6 is 0 Å². The number of hydrogen-bond acceptors (Lipinski definition) is 1. The van der Waals surface area contributed by atoms with Crippen LogP contribution in [0.3, 0.4) is 0 Å². The fraction of sp³-hybridized carbons (Fsp3) is 0.818. The number of ether oxygens (including phenoxy) is 1. The van der Waals surface area contributed by atoms with Gasteiger partial charge in [0, 0.05) is 6.61 Å². The van der Waals surface area contributed by atoms with Crippen LogP contribution in [0.1, 0.15) is 39.0 Å². The number of hydrogen-bond donors (Lipinski definition) is 0. The third kappa shape index (κ3) is 11.7. The van der Waals surface area contributed by atoms with Crippen molar-refractivity contribution in [1.82, 2.24) is 0 Å². The van der Waals surface area contributed by atoms with Gasteiger partial charge in [0.05, 0.1) is 13.2 Å². The summed E-state index contributed by atoms with van der Waals surface area (Å²) in [7, 11) is 0. The Hall–Kier alpha value is -0.340. The molecule has 0 heterocycles. The molecular formula is C11H21O2. The van der Waals surface area contributed by atoms with Crippen LogP contribution in [0.4, 0.5) is 0 Å². The lowest BCUT2D eigenvalue weighted by molar-refractivity contribution is 0.153. The highest BCUT2D eigenvalue weighted by Gasteiger charge is 1.89. The summed E-state index contributed by atoms with van der Waals surface area (Å²) in [6, 6.07) is 0. The van der Waals surface area contributed by atoms with E-state index in [1.165, 1.54) is 0 Å². The molecule has 0 spiro atoms. The smallest absolute Gasteiger partial charge is 0.0822 e. The SMILES string of the molecule is CC/C=C/COCCCCCC[O]. The molecule has 1 radical (unpaired) electrons. The Morgan fingerprint density at radius 2 is 1.85 bits per heavy atom. The van der Waals surface area contributed by atoms with Crippen molar-refractivity contribution >= 4 is 0 Å². The van der Waals surface area contributed by atoms with Crippen molar-refractivity contribution in [2.75, 3.05) is 19.8 Å². The second-order valence-electron chi connectivity index (χ2n) is 3.07. The molecular weight excluding hydrogens is 164 g/mol. The maximum Gasteiger partial charge on any atom is 0.0822 e. The fourth-order valence-corrected chi connectivity index (χ4v) is 1.05. The fourth-order valence-electron chi connectivity index (χ4n) is 1.05. The normalized spacial score (nSPS) is 11.2. The highest BCUT2D eigenvalue weighted by Crippen LogP contribution is 1.99. The molecule has 0 saturated carbocycles. The number of allylic oxidation sites excluding steroid dienone is 1. The molecule has 0 aliphatic rings. The van der Waals surface area contributed by atoms with Crippen molar-refractivity contribution in [2.45, 2.75) is 39.0 Å². The predicted molar refractivity (Wildman–Crippen MR) is 54.3 cm³/mol. The molecule has 0 aromatic heterocycles. The molecule has 2 heteroatoms. The third-order valence-corrected chi connectivity index (χ3v) is 1.80. The van der Waals surface area contributed by atoms with E-state index in [9.17, 15) is 5.11 Å². The lowest BCUT2D eigenvalue weighted by Gasteiger charge is -2.00. The summed E-state index contributed by atoms with van der Waals surface area (Å²) < 4.78 is 5.35. The Balaban J connectivity index is 2.87. The van der Waals surface area contributed by atoms with Gasteiger partial charge >= 0.3 is 0 Å². The van der Waals surface area contributed by atoms with E-state index >= 15 is 0 Å². The molecule has 2 nitrogen and oxygen atoms in total. The number of rotatable bonds is 9. The molecule has 0 aromatic carbocycles. The maximum absolute atomic E-state index is 10.1. The van der Waals surface area contributed by atoms with Gasteiger partial charge in [0.1, 0.15) is 0 Å². The summed E-state index contributed by atoms with van der Waals surface area (Å²) in [4.78, 5) is 0. The second kappa shape index (κ2) is 11.7. The standard InChI is InChI=1S/C11H21O2/c1-2-3-7-10-13-11-8-5-4-6-9-12/h3,7H,2,4-6,8-11H2,1H3/b7-3+. The highest BCUT2D eigenvalue weighted by atomic mass is 16.5. The number of unbranched alkanes of at least 4 members (excludes halogenated alkanes) is 3. The summed E-state index contributed by atoms with van der Waals surface area (Å²) in [6.45, 7) is 3.74. The van der Waals surface area contributed by atoms with Crippen LogP contribution in [0.2, 0.25) is 0 Å². The van der Waals surface area contributed by atoms with Gasteiger partial charge in [-0.15, -0.1) is 0 Å². The van der Waals surface area contributed by atoms with Crippen LogP contribution in [0.15, 0.2) is 12.2 Å².